The Hall–Kier alpha value is -1.36. The fraction of sp³-hybridized carbons (Fsp3) is 0.316. The average molecular weight is 408 g/mol. The molecule has 3 heteroatoms. The molecule has 0 aliphatic rings. The van der Waals surface area contributed by atoms with E-state index < -0.39 is 0 Å². The van der Waals surface area contributed by atoms with Crippen LogP contribution in [0.3, 0.4) is 0 Å². The van der Waals surface area contributed by atoms with E-state index in [1.165, 1.54) is 5.56 Å². The summed E-state index contributed by atoms with van der Waals surface area (Å²) in [5, 5.41) is 0. The van der Waals surface area contributed by atoms with Crippen LogP contribution in [0.1, 0.15) is 48.7 Å². The van der Waals surface area contributed by atoms with Gasteiger partial charge in [-0.3, -0.25) is 0 Å². The SMILES string of the molecule is CCC(C)(C)c1ccc(OC(=O)c2ccc(C)c(I)c2)cc1. The molecule has 0 N–H and O–H groups in total. The number of carbonyl (C=O) groups excluding carboxylic acids is 1. The number of rotatable bonds is 4. The summed E-state index contributed by atoms with van der Waals surface area (Å²) in [5.41, 5.74) is 3.12. The normalized spacial score (nSPS) is 11.3. The maximum absolute atomic E-state index is 12.2. The summed E-state index contributed by atoms with van der Waals surface area (Å²) in [7, 11) is 0. The first-order valence-electron chi connectivity index (χ1n) is 7.42. The van der Waals surface area contributed by atoms with Crippen LogP contribution in [0.5, 0.6) is 5.75 Å². The molecular formula is C19H21IO2. The molecule has 0 heterocycles. The van der Waals surface area contributed by atoms with Crippen molar-refractivity contribution in [2.45, 2.75) is 39.5 Å². The Labute approximate surface area is 146 Å². The summed E-state index contributed by atoms with van der Waals surface area (Å²) in [6.07, 6.45) is 1.06. The second kappa shape index (κ2) is 6.82. The van der Waals surface area contributed by atoms with Gasteiger partial charge in [0.1, 0.15) is 5.75 Å². The third-order valence-corrected chi connectivity index (χ3v) is 5.30. The minimum Gasteiger partial charge on any atom is -0.423 e. The van der Waals surface area contributed by atoms with E-state index in [0.717, 1.165) is 15.6 Å². The van der Waals surface area contributed by atoms with Crippen molar-refractivity contribution in [1.82, 2.24) is 0 Å². The van der Waals surface area contributed by atoms with Crippen LogP contribution in [-0.2, 0) is 5.41 Å². The lowest BCUT2D eigenvalue weighted by atomic mass is 9.82. The minimum absolute atomic E-state index is 0.135. The van der Waals surface area contributed by atoms with Crippen molar-refractivity contribution in [3.8, 4) is 5.75 Å². The van der Waals surface area contributed by atoms with Gasteiger partial charge in [0.15, 0.2) is 0 Å². The molecule has 0 radical (unpaired) electrons. The molecule has 0 amide bonds. The molecule has 2 nitrogen and oxygen atoms in total. The predicted molar refractivity (Wildman–Crippen MR) is 98.6 cm³/mol. The Kier molecular flexibility index (Phi) is 5.27. The minimum atomic E-state index is -0.319. The van der Waals surface area contributed by atoms with Crippen molar-refractivity contribution < 1.29 is 9.53 Å². The highest BCUT2D eigenvalue weighted by Gasteiger charge is 2.18. The standard InChI is InChI=1S/C19H21IO2/c1-5-19(3,4)15-8-10-16(11-9-15)22-18(21)14-7-6-13(2)17(20)12-14/h6-12H,5H2,1-4H3. The van der Waals surface area contributed by atoms with Crippen LogP contribution in [0.15, 0.2) is 42.5 Å². The second-order valence-electron chi connectivity index (χ2n) is 6.12. The van der Waals surface area contributed by atoms with Gasteiger partial charge in [-0.05, 0) is 76.7 Å². The second-order valence-corrected chi connectivity index (χ2v) is 7.28. The summed E-state index contributed by atoms with van der Waals surface area (Å²) < 4.78 is 6.52. The number of halogens is 1. The topological polar surface area (TPSA) is 26.3 Å². The van der Waals surface area contributed by atoms with Gasteiger partial charge in [-0.15, -0.1) is 0 Å². The van der Waals surface area contributed by atoms with E-state index in [2.05, 4.69) is 43.4 Å². The summed E-state index contributed by atoms with van der Waals surface area (Å²) in [4.78, 5) is 12.2. The van der Waals surface area contributed by atoms with E-state index in [-0.39, 0.29) is 11.4 Å². The first kappa shape index (κ1) is 17.0. The van der Waals surface area contributed by atoms with E-state index in [1.807, 2.05) is 43.3 Å². The van der Waals surface area contributed by atoms with Crippen LogP contribution >= 0.6 is 22.6 Å². The van der Waals surface area contributed by atoms with Crippen molar-refractivity contribution in [3.05, 3.63) is 62.7 Å². The number of hydrogen-bond acceptors (Lipinski definition) is 2. The zero-order chi connectivity index (χ0) is 16.3. The van der Waals surface area contributed by atoms with E-state index in [9.17, 15) is 4.79 Å². The first-order chi connectivity index (χ1) is 10.3. The van der Waals surface area contributed by atoms with Gasteiger partial charge in [0.05, 0.1) is 5.56 Å². The number of carbonyl (C=O) groups is 1. The number of benzene rings is 2. The van der Waals surface area contributed by atoms with Crippen molar-refractivity contribution >= 4 is 28.6 Å². The maximum atomic E-state index is 12.2. The third kappa shape index (κ3) is 3.88. The molecule has 0 aliphatic carbocycles. The van der Waals surface area contributed by atoms with E-state index in [4.69, 9.17) is 4.74 Å². The number of esters is 1. The third-order valence-electron chi connectivity index (χ3n) is 4.14. The number of hydrogen-bond donors (Lipinski definition) is 0. The van der Waals surface area contributed by atoms with Crippen LogP contribution in [0.4, 0.5) is 0 Å². The number of ether oxygens (including phenoxy) is 1. The largest absolute Gasteiger partial charge is 0.423 e. The van der Waals surface area contributed by atoms with E-state index in [1.54, 1.807) is 6.07 Å². The summed E-state index contributed by atoms with van der Waals surface area (Å²) in [6, 6.07) is 13.4. The van der Waals surface area contributed by atoms with E-state index in [0.29, 0.717) is 11.3 Å². The van der Waals surface area contributed by atoms with Gasteiger partial charge in [-0.25, -0.2) is 4.79 Å². The lowest BCUT2D eigenvalue weighted by Gasteiger charge is -2.23. The molecule has 116 valence electrons. The molecular weight excluding hydrogens is 387 g/mol. The summed E-state index contributed by atoms with van der Waals surface area (Å²) >= 11 is 2.22. The van der Waals surface area contributed by atoms with Crippen LogP contribution in [0, 0.1) is 10.5 Å². The van der Waals surface area contributed by atoms with Crippen LogP contribution < -0.4 is 4.74 Å². The molecule has 0 spiro atoms. The lowest BCUT2D eigenvalue weighted by Crippen LogP contribution is -2.15. The number of aryl methyl sites for hydroxylation is 1. The van der Waals surface area contributed by atoms with E-state index >= 15 is 0 Å². The average Bonchev–Trinajstić information content (AvgIpc) is 2.50. The van der Waals surface area contributed by atoms with Gasteiger partial charge in [0.2, 0.25) is 0 Å². The van der Waals surface area contributed by atoms with Crippen LogP contribution in [-0.4, -0.2) is 5.97 Å². The highest BCUT2D eigenvalue weighted by molar-refractivity contribution is 14.1. The molecule has 0 fully saturated rings. The molecule has 0 saturated carbocycles. The van der Waals surface area contributed by atoms with Crippen molar-refractivity contribution in [1.29, 1.82) is 0 Å². The van der Waals surface area contributed by atoms with Crippen molar-refractivity contribution in [2.75, 3.05) is 0 Å². The summed E-state index contributed by atoms with van der Waals surface area (Å²) in [5.74, 6) is 0.261. The fourth-order valence-corrected chi connectivity index (χ4v) is 2.58. The van der Waals surface area contributed by atoms with Crippen molar-refractivity contribution in [3.63, 3.8) is 0 Å². The van der Waals surface area contributed by atoms with Crippen molar-refractivity contribution in [2.24, 2.45) is 0 Å². The molecule has 0 unspecified atom stereocenters. The van der Waals surface area contributed by atoms with Gasteiger partial charge in [-0.1, -0.05) is 39.0 Å². The molecule has 0 aromatic heterocycles. The highest BCUT2D eigenvalue weighted by Crippen LogP contribution is 2.28. The Morgan fingerprint density at radius 3 is 2.32 bits per heavy atom. The Morgan fingerprint density at radius 1 is 1.14 bits per heavy atom. The quantitative estimate of drug-likeness (QED) is 0.379. The predicted octanol–water partition coefficient (Wildman–Crippen LogP) is 5.51. The van der Waals surface area contributed by atoms with Crippen LogP contribution in [0.25, 0.3) is 0 Å². The monoisotopic (exact) mass is 408 g/mol. The van der Waals surface area contributed by atoms with Gasteiger partial charge in [0.25, 0.3) is 0 Å². The summed E-state index contributed by atoms with van der Waals surface area (Å²) in [6.45, 7) is 8.61. The maximum Gasteiger partial charge on any atom is 0.343 e. The smallest absolute Gasteiger partial charge is 0.343 e. The van der Waals surface area contributed by atoms with Crippen LogP contribution in [0.2, 0.25) is 0 Å². The van der Waals surface area contributed by atoms with Gasteiger partial charge in [0, 0.05) is 3.57 Å². The molecule has 2 aromatic rings. The highest BCUT2D eigenvalue weighted by atomic mass is 127. The van der Waals surface area contributed by atoms with Gasteiger partial charge >= 0.3 is 5.97 Å². The van der Waals surface area contributed by atoms with Gasteiger partial charge in [-0.2, -0.15) is 0 Å². The zero-order valence-corrected chi connectivity index (χ0v) is 15.6. The Bertz CT molecular complexity index is 672. The lowest BCUT2D eigenvalue weighted by molar-refractivity contribution is 0.0734. The Balaban J connectivity index is 2.13. The molecule has 0 saturated heterocycles. The fourth-order valence-electron chi connectivity index (χ4n) is 2.06. The Morgan fingerprint density at radius 2 is 1.77 bits per heavy atom. The van der Waals surface area contributed by atoms with Gasteiger partial charge < -0.3 is 4.74 Å². The zero-order valence-electron chi connectivity index (χ0n) is 13.4. The molecule has 2 aromatic carbocycles. The first-order valence-corrected chi connectivity index (χ1v) is 8.50. The molecule has 2 rings (SSSR count). The molecule has 0 atom stereocenters. The molecule has 0 bridgehead atoms. The molecule has 22 heavy (non-hydrogen) atoms. The molecule has 0 aliphatic heterocycles.